The first-order valence-corrected chi connectivity index (χ1v) is 7.00. The largest absolute Gasteiger partial charge is 0.326 e. The molecular weight excluding hydrogens is 192 g/mol. The van der Waals surface area contributed by atoms with E-state index < -0.39 is 0 Å². The fourth-order valence-corrected chi connectivity index (χ4v) is 4.04. The Labute approximate surface area is 91.6 Å². The Morgan fingerprint density at radius 2 is 2.00 bits per heavy atom. The van der Waals surface area contributed by atoms with E-state index in [1.807, 2.05) is 0 Å². The van der Waals surface area contributed by atoms with E-state index in [1.54, 1.807) is 0 Å². The van der Waals surface area contributed by atoms with Crippen LogP contribution in [0.15, 0.2) is 0 Å². The summed E-state index contributed by atoms with van der Waals surface area (Å²) in [6.07, 6.45) is 6.63. The predicted octanol–water partition coefficient (Wildman–Crippen LogP) is 1.69. The van der Waals surface area contributed by atoms with E-state index >= 15 is 0 Å². The average molecular weight is 214 g/mol. The Balaban J connectivity index is 1.91. The molecule has 2 N–H and O–H groups in total. The lowest BCUT2D eigenvalue weighted by Crippen LogP contribution is -2.51. The first-order chi connectivity index (χ1) is 6.79. The second kappa shape index (κ2) is 4.86. The minimum atomic E-state index is 0.430. The first-order valence-electron chi connectivity index (χ1n) is 5.84. The highest BCUT2D eigenvalue weighted by atomic mass is 32.2. The molecule has 1 heterocycles. The van der Waals surface area contributed by atoms with E-state index in [1.165, 1.54) is 43.6 Å². The van der Waals surface area contributed by atoms with Crippen LogP contribution < -0.4 is 5.73 Å². The second-order valence-corrected chi connectivity index (χ2v) is 5.85. The summed E-state index contributed by atoms with van der Waals surface area (Å²) in [7, 11) is 2.28. The maximum absolute atomic E-state index is 6.20. The lowest BCUT2D eigenvalue weighted by molar-refractivity contribution is 0.131. The van der Waals surface area contributed by atoms with Crippen molar-refractivity contribution in [2.45, 2.75) is 50.2 Å². The zero-order chi connectivity index (χ0) is 9.97. The Hall–Kier alpha value is 0.270. The molecule has 0 aromatic rings. The van der Waals surface area contributed by atoms with E-state index in [-0.39, 0.29) is 0 Å². The maximum atomic E-state index is 6.20. The van der Waals surface area contributed by atoms with Crippen LogP contribution >= 0.6 is 11.8 Å². The number of rotatable bonds is 2. The van der Waals surface area contributed by atoms with Crippen molar-refractivity contribution in [2.75, 3.05) is 18.6 Å². The zero-order valence-corrected chi connectivity index (χ0v) is 9.93. The standard InChI is InChI=1S/C11H22N2S/c1-13(9-6-7-14-8-9)11-5-3-2-4-10(11)12/h9-11H,2-8,12H2,1H3. The molecule has 0 amide bonds. The highest BCUT2D eigenvalue weighted by molar-refractivity contribution is 7.99. The quantitative estimate of drug-likeness (QED) is 0.758. The Morgan fingerprint density at radius 1 is 1.21 bits per heavy atom. The molecule has 0 aromatic carbocycles. The molecule has 3 heteroatoms. The van der Waals surface area contributed by atoms with E-state index in [0.717, 1.165) is 6.04 Å². The molecule has 2 nitrogen and oxygen atoms in total. The van der Waals surface area contributed by atoms with Gasteiger partial charge < -0.3 is 5.73 Å². The number of hydrogen-bond acceptors (Lipinski definition) is 3. The Bertz CT molecular complexity index is 180. The minimum absolute atomic E-state index is 0.430. The highest BCUT2D eigenvalue weighted by Gasteiger charge is 2.30. The van der Waals surface area contributed by atoms with Crippen LogP contribution in [0.2, 0.25) is 0 Å². The van der Waals surface area contributed by atoms with E-state index in [9.17, 15) is 0 Å². The van der Waals surface area contributed by atoms with Gasteiger partial charge in [0.05, 0.1) is 0 Å². The van der Waals surface area contributed by atoms with Crippen LogP contribution in [-0.4, -0.2) is 41.6 Å². The van der Waals surface area contributed by atoms with Crippen molar-refractivity contribution in [1.82, 2.24) is 4.90 Å². The number of nitrogens with zero attached hydrogens (tertiary/aromatic N) is 1. The number of likely N-dealkylation sites (N-methyl/N-ethyl adjacent to an activating group) is 1. The molecule has 1 aliphatic heterocycles. The van der Waals surface area contributed by atoms with Gasteiger partial charge >= 0.3 is 0 Å². The van der Waals surface area contributed by atoms with Gasteiger partial charge in [-0.1, -0.05) is 12.8 Å². The van der Waals surface area contributed by atoms with Gasteiger partial charge in [-0.05, 0) is 32.1 Å². The molecule has 3 unspecified atom stereocenters. The topological polar surface area (TPSA) is 29.3 Å². The normalized spacial score (nSPS) is 39.2. The number of thioether (sulfide) groups is 1. The highest BCUT2D eigenvalue weighted by Crippen LogP contribution is 2.28. The molecule has 3 atom stereocenters. The smallest absolute Gasteiger partial charge is 0.0247 e. The van der Waals surface area contributed by atoms with Gasteiger partial charge in [0.15, 0.2) is 0 Å². The molecule has 0 radical (unpaired) electrons. The molecule has 2 aliphatic rings. The zero-order valence-electron chi connectivity index (χ0n) is 9.11. The fourth-order valence-electron chi connectivity index (χ4n) is 2.76. The third-order valence-electron chi connectivity index (χ3n) is 3.79. The van der Waals surface area contributed by atoms with Gasteiger partial charge in [0.2, 0.25) is 0 Å². The van der Waals surface area contributed by atoms with Gasteiger partial charge in [-0.25, -0.2) is 0 Å². The van der Waals surface area contributed by atoms with Crippen LogP contribution in [-0.2, 0) is 0 Å². The Morgan fingerprint density at radius 3 is 2.64 bits per heavy atom. The van der Waals surface area contributed by atoms with E-state index in [2.05, 4.69) is 23.7 Å². The van der Waals surface area contributed by atoms with Crippen molar-refractivity contribution in [3.8, 4) is 0 Å². The van der Waals surface area contributed by atoms with E-state index in [0.29, 0.717) is 12.1 Å². The van der Waals surface area contributed by atoms with Crippen molar-refractivity contribution >= 4 is 11.8 Å². The second-order valence-electron chi connectivity index (χ2n) is 4.70. The van der Waals surface area contributed by atoms with E-state index in [4.69, 9.17) is 5.73 Å². The SMILES string of the molecule is CN(C1CCSC1)C1CCCCC1N. The first kappa shape index (κ1) is 10.8. The molecule has 0 spiro atoms. The molecule has 1 saturated carbocycles. The van der Waals surface area contributed by atoms with Crippen LogP contribution in [0.3, 0.4) is 0 Å². The molecule has 2 rings (SSSR count). The maximum Gasteiger partial charge on any atom is 0.0247 e. The van der Waals surface area contributed by atoms with Gasteiger partial charge in [-0.2, -0.15) is 11.8 Å². The summed E-state index contributed by atoms with van der Waals surface area (Å²) in [6, 6.07) is 1.89. The van der Waals surface area contributed by atoms with Gasteiger partial charge in [-0.3, -0.25) is 4.90 Å². The summed E-state index contributed by atoms with van der Waals surface area (Å²) in [5, 5.41) is 0. The summed E-state index contributed by atoms with van der Waals surface area (Å²) in [5.41, 5.74) is 6.20. The van der Waals surface area contributed by atoms with Gasteiger partial charge in [0, 0.05) is 23.9 Å². The van der Waals surface area contributed by atoms with Gasteiger partial charge in [-0.15, -0.1) is 0 Å². The summed E-state index contributed by atoms with van der Waals surface area (Å²) in [4.78, 5) is 2.57. The number of hydrogen-bond donors (Lipinski definition) is 1. The van der Waals surface area contributed by atoms with Gasteiger partial charge in [0.1, 0.15) is 0 Å². The van der Waals surface area contributed by atoms with Gasteiger partial charge in [0.25, 0.3) is 0 Å². The number of nitrogens with two attached hydrogens (primary N) is 1. The van der Waals surface area contributed by atoms with Crippen LogP contribution in [0.1, 0.15) is 32.1 Å². The van der Waals surface area contributed by atoms with Crippen molar-refractivity contribution in [1.29, 1.82) is 0 Å². The van der Waals surface area contributed by atoms with Crippen LogP contribution in [0.5, 0.6) is 0 Å². The average Bonchev–Trinajstić information content (AvgIpc) is 2.70. The van der Waals surface area contributed by atoms with Crippen molar-refractivity contribution in [3.05, 3.63) is 0 Å². The molecule has 0 bridgehead atoms. The lowest BCUT2D eigenvalue weighted by Gasteiger charge is -2.39. The molecular formula is C11H22N2S. The summed E-state index contributed by atoms with van der Waals surface area (Å²) in [6.45, 7) is 0. The van der Waals surface area contributed by atoms with Crippen LogP contribution in [0.4, 0.5) is 0 Å². The summed E-state index contributed by atoms with van der Waals surface area (Å²) in [5.74, 6) is 2.66. The van der Waals surface area contributed by atoms with Crippen LogP contribution in [0, 0.1) is 0 Å². The van der Waals surface area contributed by atoms with Crippen molar-refractivity contribution < 1.29 is 0 Å². The fraction of sp³-hybridized carbons (Fsp3) is 1.00. The molecule has 82 valence electrons. The Kier molecular flexibility index (Phi) is 3.74. The minimum Gasteiger partial charge on any atom is -0.326 e. The third-order valence-corrected chi connectivity index (χ3v) is 4.93. The lowest BCUT2D eigenvalue weighted by atomic mass is 9.89. The molecule has 0 aromatic heterocycles. The summed E-state index contributed by atoms with van der Waals surface area (Å²) < 4.78 is 0. The summed E-state index contributed by atoms with van der Waals surface area (Å²) >= 11 is 2.09. The molecule has 1 saturated heterocycles. The monoisotopic (exact) mass is 214 g/mol. The third kappa shape index (κ3) is 2.26. The molecule has 14 heavy (non-hydrogen) atoms. The van der Waals surface area contributed by atoms with Crippen molar-refractivity contribution in [3.63, 3.8) is 0 Å². The van der Waals surface area contributed by atoms with Crippen molar-refractivity contribution in [2.24, 2.45) is 5.73 Å². The molecule has 2 fully saturated rings. The predicted molar refractivity (Wildman–Crippen MR) is 63.7 cm³/mol. The van der Waals surface area contributed by atoms with Crippen LogP contribution in [0.25, 0.3) is 0 Å². The molecule has 1 aliphatic carbocycles.